The standard InChI is InChI=1S/C12H16N2O4/c1-3-9(12(16)17)14-11(15)8-5-4-7(13)6-10(8)18-2/h4-6,9H,3,13H2,1-2H3,(H,14,15)(H,16,17)/t9-/m0/s1. The van der Waals surface area contributed by atoms with Crippen molar-refractivity contribution >= 4 is 17.6 Å². The number of anilines is 1. The lowest BCUT2D eigenvalue weighted by molar-refractivity contribution is -0.139. The highest BCUT2D eigenvalue weighted by Gasteiger charge is 2.20. The molecule has 6 nitrogen and oxygen atoms in total. The van der Waals surface area contributed by atoms with Crippen molar-refractivity contribution in [3.8, 4) is 5.75 Å². The van der Waals surface area contributed by atoms with Crippen molar-refractivity contribution in [3.63, 3.8) is 0 Å². The van der Waals surface area contributed by atoms with Crippen LogP contribution in [-0.4, -0.2) is 30.1 Å². The molecule has 0 aliphatic heterocycles. The molecular formula is C12H16N2O4. The third kappa shape index (κ3) is 3.13. The second-order valence-corrected chi connectivity index (χ2v) is 3.73. The summed E-state index contributed by atoms with van der Waals surface area (Å²) in [5.74, 6) is -1.26. The molecule has 0 unspecified atom stereocenters. The van der Waals surface area contributed by atoms with Crippen molar-refractivity contribution < 1.29 is 19.4 Å². The van der Waals surface area contributed by atoms with Gasteiger partial charge in [-0.15, -0.1) is 0 Å². The summed E-state index contributed by atoms with van der Waals surface area (Å²) in [6.07, 6.45) is 0.304. The Morgan fingerprint density at radius 2 is 2.17 bits per heavy atom. The molecule has 4 N–H and O–H groups in total. The molecule has 1 amide bonds. The number of hydrogen-bond acceptors (Lipinski definition) is 4. The predicted molar refractivity (Wildman–Crippen MR) is 66.6 cm³/mol. The molecule has 0 aliphatic rings. The van der Waals surface area contributed by atoms with Gasteiger partial charge in [-0.05, 0) is 18.6 Å². The summed E-state index contributed by atoms with van der Waals surface area (Å²) in [6, 6.07) is 3.65. The van der Waals surface area contributed by atoms with Crippen LogP contribution >= 0.6 is 0 Å². The fraction of sp³-hybridized carbons (Fsp3) is 0.333. The first-order valence-corrected chi connectivity index (χ1v) is 5.46. The van der Waals surface area contributed by atoms with E-state index in [-0.39, 0.29) is 5.56 Å². The summed E-state index contributed by atoms with van der Waals surface area (Å²) in [5.41, 5.74) is 6.30. The molecule has 18 heavy (non-hydrogen) atoms. The molecule has 0 fully saturated rings. The van der Waals surface area contributed by atoms with E-state index in [2.05, 4.69) is 5.32 Å². The van der Waals surface area contributed by atoms with E-state index in [1.165, 1.54) is 19.2 Å². The maximum absolute atomic E-state index is 11.9. The minimum atomic E-state index is -1.07. The van der Waals surface area contributed by atoms with E-state index in [1.54, 1.807) is 13.0 Å². The summed E-state index contributed by atoms with van der Waals surface area (Å²) in [4.78, 5) is 22.8. The molecule has 0 spiro atoms. The Morgan fingerprint density at radius 3 is 2.67 bits per heavy atom. The van der Waals surface area contributed by atoms with E-state index in [1.807, 2.05) is 0 Å². The van der Waals surface area contributed by atoms with Gasteiger partial charge in [-0.2, -0.15) is 0 Å². The first-order valence-electron chi connectivity index (χ1n) is 5.46. The van der Waals surface area contributed by atoms with E-state index in [9.17, 15) is 9.59 Å². The maximum atomic E-state index is 11.9. The minimum Gasteiger partial charge on any atom is -0.496 e. The Labute approximate surface area is 105 Å². The average molecular weight is 252 g/mol. The molecule has 1 aromatic rings. The SMILES string of the molecule is CC[C@H](NC(=O)c1ccc(N)cc1OC)C(=O)O. The zero-order chi connectivity index (χ0) is 13.7. The molecule has 0 saturated heterocycles. The Morgan fingerprint density at radius 1 is 1.50 bits per heavy atom. The molecule has 0 aliphatic carbocycles. The van der Waals surface area contributed by atoms with E-state index < -0.39 is 17.9 Å². The molecule has 0 radical (unpaired) electrons. The fourth-order valence-electron chi connectivity index (χ4n) is 1.47. The van der Waals surface area contributed by atoms with Gasteiger partial charge >= 0.3 is 5.97 Å². The zero-order valence-electron chi connectivity index (χ0n) is 10.3. The Kier molecular flexibility index (Phi) is 4.53. The zero-order valence-corrected chi connectivity index (χ0v) is 10.3. The first-order chi connectivity index (χ1) is 8.49. The molecule has 0 saturated carbocycles. The van der Waals surface area contributed by atoms with Crippen molar-refractivity contribution in [2.24, 2.45) is 0 Å². The van der Waals surface area contributed by atoms with E-state index in [4.69, 9.17) is 15.6 Å². The smallest absolute Gasteiger partial charge is 0.326 e. The number of carbonyl (C=O) groups is 2. The van der Waals surface area contributed by atoms with Gasteiger partial charge in [0.25, 0.3) is 5.91 Å². The van der Waals surface area contributed by atoms with Crippen LogP contribution in [-0.2, 0) is 4.79 Å². The highest BCUT2D eigenvalue weighted by Crippen LogP contribution is 2.21. The summed E-state index contributed by atoms with van der Waals surface area (Å²) in [7, 11) is 1.42. The molecule has 6 heteroatoms. The molecule has 0 bridgehead atoms. The third-order valence-electron chi connectivity index (χ3n) is 2.48. The van der Waals surface area contributed by atoms with Gasteiger partial charge in [-0.25, -0.2) is 4.79 Å². The van der Waals surface area contributed by atoms with Crippen LogP contribution in [0.25, 0.3) is 0 Å². The molecule has 1 rings (SSSR count). The topological polar surface area (TPSA) is 102 Å². The molecule has 1 atom stereocenters. The number of methoxy groups -OCH3 is 1. The highest BCUT2D eigenvalue weighted by molar-refractivity contribution is 5.99. The molecule has 0 aromatic heterocycles. The largest absolute Gasteiger partial charge is 0.496 e. The Hall–Kier alpha value is -2.24. The second-order valence-electron chi connectivity index (χ2n) is 3.73. The molecule has 98 valence electrons. The molecule has 0 heterocycles. The number of aliphatic carboxylic acids is 1. The number of ether oxygens (including phenoxy) is 1. The number of rotatable bonds is 5. The first kappa shape index (κ1) is 13.8. The van der Waals surface area contributed by atoms with Crippen molar-refractivity contribution in [3.05, 3.63) is 23.8 Å². The Balaban J connectivity index is 2.93. The molecular weight excluding hydrogens is 236 g/mol. The second kappa shape index (κ2) is 5.90. The lowest BCUT2D eigenvalue weighted by Crippen LogP contribution is -2.40. The van der Waals surface area contributed by atoms with Crippen LogP contribution < -0.4 is 15.8 Å². The number of nitrogen functional groups attached to an aromatic ring is 1. The van der Waals surface area contributed by atoms with Crippen molar-refractivity contribution in [2.45, 2.75) is 19.4 Å². The van der Waals surface area contributed by atoms with Gasteiger partial charge in [0.05, 0.1) is 12.7 Å². The van der Waals surface area contributed by atoms with Crippen LogP contribution in [0, 0.1) is 0 Å². The van der Waals surface area contributed by atoms with Crippen LogP contribution in [0.15, 0.2) is 18.2 Å². The number of nitrogens with two attached hydrogens (primary N) is 1. The monoisotopic (exact) mass is 252 g/mol. The number of nitrogens with one attached hydrogen (secondary N) is 1. The van der Waals surface area contributed by atoms with Gasteiger partial charge in [0.1, 0.15) is 11.8 Å². The Bertz CT molecular complexity index is 459. The fourth-order valence-corrected chi connectivity index (χ4v) is 1.47. The van der Waals surface area contributed by atoms with Gasteiger partial charge in [0, 0.05) is 11.8 Å². The number of amides is 1. The van der Waals surface area contributed by atoms with Crippen LogP contribution in [0.3, 0.4) is 0 Å². The van der Waals surface area contributed by atoms with Crippen LogP contribution in [0.2, 0.25) is 0 Å². The summed E-state index contributed by atoms with van der Waals surface area (Å²) < 4.78 is 5.03. The van der Waals surface area contributed by atoms with Crippen molar-refractivity contribution in [2.75, 3.05) is 12.8 Å². The quantitative estimate of drug-likeness (QED) is 0.675. The van der Waals surface area contributed by atoms with E-state index in [0.29, 0.717) is 17.9 Å². The lowest BCUT2D eigenvalue weighted by atomic mass is 10.1. The van der Waals surface area contributed by atoms with Gasteiger partial charge < -0.3 is 20.9 Å². The van der Waals surface area contributed by atoms with E-state index >= 15 is 0 Å². The summed E-state index contributed by atoms with van der Waals surface area (Å²) in [6.45, 7) is 1.68. The normalized spacial score (nSPS) is 11.7. The van der Waals surface area contributed by atoms with Crippen molar-refractivity contribution in [1.82, 2.24) is 5.32 Å². The maximum Gasteiger partial charge on any atom is 0.326 e. The average Bonchev–Trinajstić information content (AvgIpc) is 2.34. The number of carboxylic acid groups (broad SMARTS) is 1. The summed E-state index contributed by atoms with van der Waals surface area (Å²) in [5, 5.41) is 11.3. The lowest BCUT2D eigenvalue weighted by Gasteiger charge is -2.14. The number of hydrogen-bond donors (Lipinski definition) is 3. The van der Waals surface area contributed by atoms with Gasteiger partial charge in [0.2, 0.25) is 0 Å². The van der Waals surface area contributed by atoms with Crippen LogP contribution in [0.4, 0.5) is 5.69 Å². The van der Waals surface area contributed by atoms with Gasteiger partial charge in [-0.1, -0.05) is 6.92 Å². The predicted octanol–water partition coefficient (Wildman–Crippen LogP) is 0.870. The van der Waals surface area contributed by atoms with Crippen molar-refractivity contribution in [1.29, 1.82) is 0 Å². The van der Waals surface area contributed by atoms with Crippen LogP contribution in [0.5, 0.6) is 5.75 Å². The van der Waals surface area contributed by atoms with Crippen LogP contribution in [0.1, 0.15) is 23.7 Å². The number of carboxylic acids is 1. The highest BCUT2D eigenvalue weighted by atomic mass is 16.5. The molecule has 1 aromatic carbocycles. The number of carbonyl (C=O) groups excluding carboxylic acids is 1. The minimum absolute atomic E-state index is 0.256. The number of benzene rings is 1. The van der Waals surface area contributed by atoms with Gasteiger partial charge in [-0.3, -0.25) is 4.79 Å². The van der Waals surface area contributed by atoms with Gasteiger partial charge in [0.15, 0.2) is 0 Å². The van der Waals surface area contributed by atoms with E-state index in [0.717, 1.165) is 0 Å². The summed E-state index contributed by atoms with van der Waals surface area (Å²) >= 11 is 0. The third-order valence-corrected chi connectivity index (χ3v) is 2.48.